The smallest absolute Gasteiger partial charge is 0.163 e. The number of piperidine rings is 1. The van der Waals surface area contributed by atoms with E-state index in [0.29, 0.717) is 0 Å². The second kappa shape index (κ2) is 7.40. The Morgan fingerprint density at radius 3 is 2.40 bits per heavy atom. The summed E-state index contributed by atoms with van der Waals surface area (Å²) in [4.78, 5) is 14.5. The zero-order chi connectivity index (χ0) is 17.1. The molecule has 0 N–H and O–H groups in total. The van der Waals surface area contributed by atoms with Crippen molar-refractivity contribution in [2.45, 2.75) is 19.8 Å². The average Bonchev–Trinajstić information content (AvgIpc) is 2.69. The van der Waals surface area contributed by atoms with Gasteiger partial charge >= 0.3 is 0 Å². The highest BCUT2D eigenvalue weighted by Gasteiger charge is 2.21. The molecule has 132 valence electrons. The van der Waals surface area contributed by atoms with Crippen LogP contribution in [0.3, 0.4) is 0 Å². The topological polar surface area (TPSA) is 41.5 Å². The molecule has 4 rings (SSSR count). The summed E-state index contributed by atoms with van der Waals surface area (Å²) >= 11 is 0. The zero-order valence-corrected chi connectivity index (χ0v) is 14.9. The molecule has 2 aliphatic rings. The van der Waals surface area contributed by atoms with Gasteiger partial charge in [0.15, 0.2) is 5.82 Å². The average molecular weight is 338 g/mol. The van der Waals surface area contributed by atoms with Crippen molar-refractivity contribution in [2.24, 2.45) is 5.92 Å². The van der Waals surface area contributed by atoms with Gasteiger partial charge in [-0.25, -0.2) is 9.97 Å². The fourth-order valence-electron chi connectivity index (χ4n) is 3.65. The van der Waals surface area contributed by atoms with E-state index >= 15 is 0 Å². The van der Waals surface area contributed by atoms with Crippen LogP contribution in [0.15, 0.2) is 36.4 Å². The van der Waals surface area contributed by atoms with Gasteiger partial charge < -0.3 is 14.5 Å². The molecule has 1 atom stereocenters. The Balaban J connectivity index is 1.72. The van der Waals surface area contributed by atoms with Gasteiger partial charge in [-0.1, -0.05) is 37.3 Å². The van der Waals surface area contributed by atoms with Gasteiger partial charge in [-0.05, 0) is 18.8 Å². The monoisotopic (exact) mass is 338 g/mol. The summed E-state index contributed by atoms with van der Waals surface area (Å²) in [5.74, 6) is 3.61. The molecule has 0 radical (unpaired) electrons. The molecule has 0 bridgehead atoms. The molecule has 5 nitrogen and oxygen atoms in total. The van der Waals surface area contributed by atoms with Gasteiger partial charge in [0, 0.05) is 37.8 Å². The lowest BCUT2D eigenvalue weighted by atomic mass is 10.0. The third kappa shape index (κ3) is 3.76. The maximum Gasteiger partial charge on any atom is 0.163 e. The van der Waals surface area contributed by atoms with E-state index in [9.17, 15) is 0 Å². The van der Waals surface area contributed by atoms with Crippen LogP contribution in [-0.4, -0.2) is 49.4 Å². The molecule has 0 spiro atoms. The Morgan fingerprint density at radius 2 is 1.68 bits per heavy atom. The molecule has 2 saturated heterocycles. The molecule has 1 aromatic carbocycles. The van der Waals surface area contributed by atoms with Gasteiger partial charge in [-0.2, -0.15) is 0 Å². The summed E-state index contributed by atoms with van der Waals surface area (Å²) in [6, 6.07) is 12.5. The van der Waals surface area contributed by atoms with Crippen molar-refractivity contribution in [2.75, 3.05) is 49.2 Å². The number of nitrogens with zero attached hydrogens (tertiary/aromatic N) is 4. The van der Waals surface area contributed by atoms with Crippen LogP contribution in [-0.2, 0) is 4.74 Å². The number of anilines is 2. The van der Waals surface area contributed by atoms with Crippen LogP contribution >= 0.6 is 0 Å². The van der Waals surface area contributed by atoms with Crippen LogP contribution in [0.25, 0.3) is 11.4 Å². The van der Waals surface area contributed by atoms with Gasteiger partial charge in [0.25, 0.3) is 0 Å². The van der Waals surface area contributed by atoms with Crippen LogP contribution < -0.4 is 9.80 Å². The number of rotatable bonds is 3. The van der Waals surface area contributed by atoms with Gasteiger partial charge in [0.05, 0.1) is 13.2 Å². The summed E-state index contributed by atoms with van der Waals surface area (Å²) in [5.41, 5.74) is 1.07. The van der Waals surface area contributed by atoms with Gasteiger partial charge in [-0.15, -0.1) is 0 Å². The largest absolute Gasteiger partial charge is 0.378 e. The number of hydrogen-bond donors (Lipinski definition) is 0. The van der Waals surface area contributed by atoms with Crippen molar-refractivity contribution in [3.05, 3.63) is 36.4 Å². The Hall–Kier alpha value is -2.14. The summed E-state index contributed by atoms with van der Waals surface area (Å²) in [6.45, 7) is 7.80. The van der Waals surface area contributed by atoms with Crippen molar-refractivity contribution in [3.63, 3.8) is 0 Å². The molecule has 0 aliphatic carbocycles. The van der Waals surface area contributed by atoms with Crippen LogP contribution in [0.5, 0.6) is 0 Å². The molecule has 2 aliphatic heterocycles. The van der Waals surface area contributed by atoms with Gasteiger partial charge in [-0.3, -0.25) is 0 Å². The first kappa shape index (κ1) is 16.3. The molecule has 1 unspecified atom stereocenters. The zero-order valence-electron chi connectivity index (χ0n) is 14.9. The van der Waals surface area contributed by atoms with E-state index in [4.69, 9.17) is 14.7 Å². The SMILES string of the molecule is CC1CCCN(c2cc(N3CCOCC3)nc(-c3ccccc3)n2)C1. The highest BCUT2D eigenvalue weighted by atomic mass is 16.5. The number of ether oxygens (including phenoxy) is 1. The number of benzene rings is 1. The van der Waals surface area contributed by atoms with E-state index in [-0.39, 0.29) is 0 Å². The van der Waals surface area contributed by atoms with Crippen molar-refractivity contribution >= 4 is 11.6 Å². The molecule has 3 heterocycles. The lowest BCUT2D eigenvalue weighted by molar-refractivity contribution is 0.122. The third-order valence-electron chi connectivity index (χ3n) is 5.05. The first-order valence-corrected chi connectivity index (χ1v) is 9.32. The quantitative estimate of drug-likeness (QED) is 0.859. The number of hydrogen-bond acceptors (Lipinski definition) is 5. The Morgan fingerprint density at radius 1 is 0.960 bits per heavy atom. The van der Waals surface area contributed by atoms with E-state index in [1.165, 1.54) is 12.8 Å². The molecule has 2 aromatic rings. The minimum Gasteiger partial charge on any atom is -0.378 e. The van der Waals surface area contributed by atoms with Gasteiger partial charge in [0.2, 0.25) is 0 Å². The summed E-state index contributed by atoms with van der Waals surface area (Å²) in [5, 5.41) is 0. The van der Waals surface area contributed by atoms with E-state index in [2.05, 4.69) is 34.9 Å². The summed E-state index contributed by atoms with van der Waals surface area (Å²) in [7, 11) is 0. The molecular weight excluding hydrogens is 312 g/mol. The van der Waals surface area contributed by atoms with E-state index in [1.807, 2.05) is 18.2 Å². The Bertz CT molecular complexity index is 700. The first-order chi connectivity index (χ1) is 12.3. The van der Waals surface area contributed by atoms with E-state index in [0.717, 1.165) is 68.3 Å². The standard InChI is InChI=1S/C20H26N4O/c1-16-6-5-9-24(15-16)19-14-18(23-10-12-25-13-11-23)21-20(22-19)17-7-3-2-4-8-17/h2-4,7-8,14,16H,5-6,9-13,15H2,1H3. The number of aromatic nitrogens is 2. The summed E-state index contributed by atoms with van der Waals surface area (Å²) in [6.07, 6.45) is 2.54. The highest BCUT2D eigenvalue weighted by Crippen LogP contribution is 2.28. The maximum atomic E-state index is 5.50. The van der Waals surface area contributed by atoms with E-state index in [1.54, 1.807) is 0 Å². The maximum absolute atomic E-state index is 5.50. The normalized spacial score (nSPS) is 21.4. The van der Waals surface area contributed by atoms with Crippen LogP contribution in [0.2, 0.25) is 0 Å². The highest BCUT2D eigenvalue weighted by molar-refractivity contribution is 5.62. The Labute approximate surface area is 149 Å². The minimum absolute atomic E-state index is 0.718. The fraction of sp³-hybridized carbons (Fsp3) is 0.500. The predicted octanol–water partition coefficient (Wildman–Crippen LogP) is 3.22. The van der Waals surface area contributed by atoms with Crippen molar-refractivity contribution in [1.29, 1.82) is 0 Å². The molecule has 0 amide bonds. The second-order valence-electron chi connectivity index (χ2n) is 7.07. The molecular formula is C20H26N4O. The lowest BCUT2D eigenvalue weighted by Crippen LogP contribution is -2.38. The third-order valence-corrected chi connectivity index (χ3v) is 5.05. The molecule has 0 saturated carbocycles. The number of morpholine rings is 1. The van der Waals surface area contributed by atoms with Crippen LogP contribution in [0.1, 0.15) is 19.8 Å². The Kier molecular flexibility index (Phi) is 4.83. The van der Waals surface area contributed by atoms with Crippen molar-refractivity contribution in [1.82, 2.24) is 9.97 Å². The lowest BCUT2D eigenvalue weighted by Gasteiger charge is -2.33. The van der Waals surface area contributed by atoms with Crippen molar-refractivity contribution in [3.8, 4) is 11.4 Å². The van der Waals surface area contributed by atoms with E-state index < -0.39 is 0 Å². The minimum atomic E-state index is 0.718. The molecule has 5 heteroatoms. The fourth-order valence-corrected chi connectivity index (χ4v) is 3.65. The van der Waals surface area contributed by atoms with Crippen LogP contribution in [0, 0.1) is 5.92 Å². The molecule has 2 fully saturated rings. The predicted molar refractivity (Wildman–Crippen MR) is 101 cm³/mol. The second-order valence-corrected chi connectivity index (χ2v) is 7.07. The molecule has 1 aromatic heterocycles. The van der Waals surface area contributed by atoms with Crippen molar-refractivity contribution < 1.29 is 4.74 Å². The summed E-state index contributed by atoms with van der Waals surface area (Å²) < 4.78 is 5.50. The first-order valence-electron chi connectivity index (χ1n) is 9.32. The van der Waals surface area contributed by atoms with Gasteiger partial charge in [0.1, 0.15) is 11.6 Å². The van der Waals surface area contributed by atoms with Crippen LogP contribution in [0.4, 0.5) is 11.6 Å². The molecule has 25 heavy (non-hydrogen) atoms.